The Morgan fingerprint density at radius 3 is 2.44 bits per heavy atom. The molecule has 0 aromatic heterocycles. The summed E-state index contributed by atoms with van der Waals surface area (Å²) in [6, 6.07) is -0.522. The zero-order chi connectivity index (χ0) is 13.9. The highest BCUT2D eigenvalue weighted by Gasteiger charge is 2.42. The minimum atomic E-state index is -0.889. The Bertz CT molecular complexity index is 372. The van der Waals surface area contributed by atoms with Gasteiger partial charge in [-0.3, -0.25) is 9.59 Å². The van der Waals surface area contributed by atoms with Gasteiger partial charge in [-0.05, 0) is 32.6 Å². The molecule has 6 heteroatoms. The molecular formula is C12H21N3O2S. The van der Waals surface area contributed by atoms with Crippen molar-refractivity contribution < 1.29 is 9.59 Å². The Labute approximate surface area is 113 Å². The zero-order valence-electron chi connectivity index (χ0n) is 10.9. The molecule has 1 aliphatic heterocycles. The van der Waals surface area contributed by atoms with E-state index in [1.807, 2.05) is 6.92 Å². The number of piperidine rings is 1. The molecule has 0 radical (unpaired) electrons. The van der Waals surface area contributed by atoms with Crippen LogP contribution in [0.3, 0.4) is 0 Å². The van der Waals surface area contributed by atoms with Gasteiger partial charge in [-0.15, -0.1) is 0 Å². The van der Waals surface area contributed by atoms with Crippen LogP contribution >= 0.6 is 12.2 Å². The fourth-order valence-electron chi connectivity index (χ4n) is 2.22. The molecule has 4 N–H and O–H groups in total. The van der Waals surface area contributed by atoms with Gasteiger partial charge in [0, 0.05) is 6.54 Å². The van der Waals surface area contributed by atoms with Crippen LogP contribution in [0.5, 0.6) is 0 Å². The largest absolute Gasteiger partial charge is 0.392 e. The van der Waals surface area contributed by atoms with Gasteiger partial charge in [0.15, 0.2) is 0 Å². The number of nitrogens with two attached hydrogens (primary N) is 2. The molecule has 1 saturated heterocycles. The first-order valence-electron chi connectivity index (χ1n) is 6.25. The first-order chi connectivity index (χ1) is 8.34. The fourth-order valence-corrected chi connectivity index (χ4v) is 2.45. The van der Waals surface area contributed by atoms with Crippen molar-refractivity contribution in [3.05, 3.63) is 0 Å². The number of amides is 2. The normalized spacial score (nSPS) is 23.2. The molecular weight excluding hydrogens is 250 g/mol. The van der Waals surface area contributed by atoms with Crippen LogP contribution in [0.25, 0.3) is 0 Å². The van der Waals surface area contributed by atoms with Crippen molar-refractivity contribution in [1.29, 1.82) is 0 Å². The lowest BCUT2D eigenvalue weighted by molar-refractivity contribution is -0.146. The number of carbonyl (C=O) groups is 2. The Morgan fingerprint density at radius 2 is 2.00 bits per heavy atom. The van der Waals surface area contributed by atoms with Gasteiger partial charge < -0.3 is 16.4 Å². The summed E-state index contributed by atoms with van der Waals surface area (Å²) in [5.74, 6) is -0.634. The van der Waals surface area contributed by atoms with E-state index in [4.69, 9.17) is 23.7 Å². The summed E-state index contributed by atoms with van der Waals surface area (Å²) >= 11 is 4.99. The Hall–Kier alpha value is -1.17. The van der Waals surface area contributed by atoms with Gasteiger partial charge in [-0.25, -0.2) is 0 Å². The summed E-state index contributed by atoms with van der Waals surface area (Å²) < 4.78 is 0. The summed E-state index contributed by atoms with van der Waals surface area (Å²) in [7, 11) is 0. The fraction of sp³-hybridized carbons (Fsp3) is 0.750. The van der Waals surface area contributed by atoms with Gasteiger partial charge in [0.1, 0.15) is 6.04 Å². The van der Waals surface area contributed by atoms with E-state index in [2.05, 4.69) is 0 Å². The number of rotatable bonds is 4. The third-order valence-corrected chi connectivity index (χ3v) is 4.27. The van der Waals surface area contributed by atoms with Gasteiger partial charge >= 0.3 is 0 Å². The summed E-state index contributed by atoms with van der Waals surface area (Å²) in [5, 5.41) is 0. The van der Waals surface area contributed by atoms with Crippen LogP contribution in [-0.4, -0.2) is 34.3 Å². The van der Waals surface area contributed by atoms with Crippen LogP contribution in [0.15, 0.2) is 0 Å². The summed E-state index contributed by atoms with van der Waals surface area (Å²) in [4.78, 5) is 25.7. The summed E-state index contributed by atoms with van der Waals surface area (Å²) in [5.41, 5.74) is 10.1. The van der Waals surface area contributed by atoms with Gasteiger partial charge in [0.2, 0.25) is 11.8 Å². The number of likely N-dealkylation sites (tertiary alicyclic amines) is 1. The SMILES string of the molecule is CCC(C)(C(=O)N1CCCCC1C(N)=O)C(N)=S. The lowest BCUT2D eigenvalue weighted by Gasteiger charge is -2.39. The highest BCUT2D eigenvalue weighted by molar-refractivity contribution is 7.80. The molecule has 1 rings (SSSR count). The summed E-state index contributed by atoms with van der Waals surface area (Å²) in [6.45, 7) is 4.13. The molecule has 1 aliphatic rings. The number of hydrogen-bond acceptors (Lipinski definition) is 3. The van der Waals surface area contributed by atoms with Crippen LogP contribution in [0.2, 0.25) is 0 Å². The molecule has 2 unspecified atom stereocenters. The number of carbonyl (C=O) groups excluding carboxylic acids is 2. The zero-order valence-corrected chi connectivity index (χ0v) is 11.8. The van der Waals surface area contributed by atoms with Crippen LogP contribution in [0.1, 0.15) is 39.5 Å². The van der Waals surface area contributed by atoms with Crippen LogP contribution in [0, 0.1) is 5.41 Å². The third kappa shape index (κ3) is 2.63. The predicted molar refractivity (Wildman–Crippen MR) is 73.7 cm³/mol. The Morgan fingerprint density at radius 1 is 1.39 bits per heavy atom. The molecule has 0 aromatic rings. The van der Waals surface area contributed by atoms with Crippen molar-refractivity contribution >= 4 is 29.0 Å². The third-order valence-electron chi connectivity index (χ3n) is 3.82. The van der Waals surface area contributed by atoms with Gasteiger partial charge in [-0.2, -0.15) is 0 Å². The molecule has 102 valence electrons. The average molecular weight is 271 g/mol. The van der Waals surface area contributed by atoms with Crippen LogP contribution in [-0.2, 0) is 9.59 Å². The second-order valence-electron chi connectivity index (χ2n) is 4.96. The lowest BCUT2D eigenvalue weighted by Crippen LogP contribution is -2.57. The first kappa shape index (κ1) is 14.9. The second-order valence-corrected chi connectivity index (χ2v) is 5.40. The number of primary amides is 1. The van der Waals surface area contributed by atoms with Crippen molar-refractivity contribution in [2.45, 2.75) is 45.6 Å². The number of hydrogen-bond donors (Lipinski definition) is 2. The van der Waals surface area contributed by atoms with E-state index in [1.54, 1.807) is 11.8 Å². The van der Waals surface area contributed by atoms with E-state index in [-0.39, 0.29) is 10.9 Å². The standard InChI is InChI=1S/C12H21N3O2S/c1-3-12(2,10(14)18)11(17)15-7-5-4-6-8(15)9(13)16/h8H,3-7H2,1-2H3,(H2,13,16)(H2,14,18). The lowest BCUT2D eigenvalue weighted by atomic mass is 9.84. The molecule has 18 heavy (non-hydrogen) atoms. The molecule has 5 nitrogen and oxygen atoms in total. The smallest absolute Gasteiger partial charge is 0.240 e. The molecule has 0 bridgehead atoms. The Kier molecular flexibility index (Phi) is 4.67. The van der Waals surface area contributed by atoms with Gasteiger partial charge in [0.25, 0.3) is 0 Å². The average Bonchev–Trinajstić information content (AvgIpc) is 2.36. The first-order valence-corrected chi connectivity index (χ1v) is 6.65. The van der Waals surface area contributed by atoms with E-state index in [0.29, 0.717) is 19.4 Å². The maximum atomic E-state index is 12.6. The van der Waals surface area contributed by atoms with Crippen molar-refractivity contribution in [2.24, 2.45) is 16.9 Å². The van der Waals surface area contributed by atoms with Crippen molar-refractivity contribution in [3.63, 3.8) is 0 Å². The van der Waals surface area contributed by atoms with Crippen molar-refractivity contribution in [1.82, 2.24) is 4.90 Å². The van der Waals surface area contributed by atoms with Gasteiger partial charge in [0.05, 0.1) is 10.4 Å². The number of thiocarbonyl (C=S) groups is 1. The molecule has 0 aliphatic carbocycles. The van der Waals surface area contributed by atoms with E-state index < -0.39 is 17.4 Å². The molecule has 1 heterocycles. The van der Waals surface area contributed by atoms with Crippen LogP contribution in [0.4, 0.5) is 0 Å². The van der Waals surface area contributed by atoms with E-state index in [0.717, 1.165) is 12.8 Å². The van der Waals surface area contributed by atoms with Gasteiger partial charge in [-0.1, -0.05) is 19.1 Å². The maximum absolute atomic E-state index is 12.6. The molecule has 2 amide bonds. The van der Waals surface area contributed by atoms with E-state index >= 15 is 0 Å². The molecule has 0 spiro atoms. The predicted octanol–water partition coefficient (Wildman–Crippen LogP) is 0.555. The number of nitrogens with zero attached hydrogens (tertiary/aromatic N) is 1. The molecule has 0 saturated carbocycles. The van der Waals surface area contributed by atoms with Crippen molar-refractivity contribution in [3.8, 4) is 0 Å². The Balaban J connectivity index is 2.99. The van der Waals surface area contributed by atoms with Crippen molar-refractivity contribution in [2.75, 3.05) is 6.54 Å². The molecule has 2 atom stereocenters. The highest BCUT2D eigenvalue weighted by Crippen LogP contribution is 2.28. The van der Waals surface area contributed by atoms with E-state index in [9.17, 15) is 9.59 Å². The molecule has 1 fully saturated rings. The summed E-state index contributed by atoms with van der Waals surface area (Å²) in [6.07, 6.45) is 2.93. The molecule has 0 aromatic carbocycles. The highest BCUT2D eigenvalue weighted by atomic mass is 32.1. The topological polar surface area (TPSA) is 89.4 Å². The minimum absolute atomic E-state index is 0.170. The second kappa shape index (κ2) is 5.65. The van der Waals surface area contributed by atoms with E-state index in [1.165, 1.54) is 0 Å². The quantitative estimate of drug-likeness (QED) is 0.731. The van der Waals surface area contributed by atoms with Crippen LogP contribution < -0.4 is 11.5 Å². The maximum Gasteiger partial charge on any atom is 0.240 e. The monoisotopic (exact) mass is 271 g/mol. The minimum Gasteiger partial charge on any atom is -0.392 e.